The molecule has 0 spiro atoms. The van der Waals surface area contributed by atoms with Crippen LogP contribution >= 0.6 is 0 Å². The molecule has 14 aromatic rings. The molecule has 6 fully saturated rings. The number of fused-ring (bicyclic) bond motifs is 3. The van der Waals surface area contributed by atoms with Gasteiger partial charge in [-0.15, -0.1) is 0 Å². The first-order valence-corrected chi connectivity index (χ1v) is 49.1. The van der Waals surface area contributed by atoms with Crippen LogP contribution in [0.15, 0.2) is 370 Å². The summed E-state index contributed by atoms with van der Waals surface area (Å²) in [5.74, 6) is 0. The molecule has 0 N–H and O–H groups in total. The van der Waals surface area contributed by atoms with E-state index in [1.165, 1.54) is 10.8 Å². The van der Waals surface area contributed by atoms with Crippen LogP contribution in [0, 0.1) is 0 Å². The van der Waals surface area contributed by atoms with E-state index in [1.807, 2.05) is 218 Å². The van der Waals surface area contributed by atoms with E-state index in [4.69, 9.17) is 49.4 Å². The van der Waals surface area contributed by atoms with Gasteiger partial charge in [0.25, 0.3) is 0 Å². The Kier molecular flexibility index (Phi) is 15.0. The average Bonchev–Trinajstić information content (AvgIpc) is 0.796. The summed E-state index contributed by atoms with van der Waals surface area (Å²) in [5.41, 5.74) is 3.23. The summed E-state index contributed by atoms with van der Waals surface area (Å²) >= 11 is 0. The molecule has 13 aromatic carbocycles. The smallest absolute Gasteiger partial charge is 0.366 e. The molecule has 0 unspecified atom stereocenters. The van der Waals surface area contributed by atoms with E-state index in [2.05, 4.69) is 156 Å². The second-order valence-corrected chi connectivity index (χ2v) is 52.3. The highest BCUT2D eigenvalue weighted by Crippen LogP contribution is 2.49. The van der Waals surface area contributed by atoms with E-state index < -0.39 is 78.5 Å². The first kappa shape index (κ1) is 62.2. The van der Waals surface area contributed by atoms with Crippen LogP contribution in [-0.4, -0.2) is 83.1 Å². The SMILES string of the molecule is c1ccc([Si]23O[Si]4(c5ccccc5)O[Si]5(c6ccccc6)O[Si](c6ccccc6)(O2)O[Si]2(c6ccccc6)O[Si](c6ccccc6)(O3)O[Si](c3ccccc3)(O4)O[Si](c3cccc([Si](c4ccccc4)(c4ccccc4)c4cccc(-n6c7ccccc7c7ccccc76)c4)c3)(O5)O2)cc1. The van der Waals surface area contributed by atoms with E-state index in [0.29, 0.717) is 41.5 Å². The largest absolute Gasteiger partial charge is 0.515 e. The first-order chi connectivity index (χ1) is 49.2. The van der Waals surface area contributed by atoms with Gasteiger partial charge in [-0.1, -0.05) is 346 Å². The van der Waals surface area contributed by atoms with E-state index in [0.717, 1.165) is 37.5 Å². The second-order valence-electron chi connectivity index (χ2n) is 25.2. The lowest BCUT2D eigenvalue weighted by molar-refractivity contribution is -0.00298. The van der Waals surface area contributed by atoms with Gasteiger partial charge in [0.2, 0.25) is 0 Å². The third-order valence-electron chi connectivity index (χ3n) is 19.3. The van der Waals surface area contributed by atoms with Crippen molar-refractivity contribution in [2.24, 2.45) is 0 Å². The number of rotatable bonds is 13. The number of aromatic nitrogens is 1. The zero-order chi connectivity index (χ0) is 66.5. The van der Waals surface area contributed by atoms with E-state index >= 15 is 0 Å². The molecule has 8 bridgehead atoms. The average molecular weight is 1460 g/mol. The standard InChI is InChI=1S/C78H61NO12Si9/c1-10-35-63(36-11-1)92(64-37-12-2-13-38-64,72-53-32-34-62(60-72)79-77-58-30-28-56-75(77)76-57-29-31-59-78(76)79)73-54-33-55-74(61-73)100-89-97(69-47-22-7-23-48-69)83-94(66-41-16-4-17-42-66)80-93(65-39-14-3-15-40-65)81-95(85-97,67-43-18-5-19-44-67)87-99(91-100,71-51-26-9-27-52-71)88-96(82-93,68-45-20-6-21-46-68)86-98(84-94,90-100)70-49-24-8-25-50-70/h1-61H. The summed E-state index contributed by atoms with van der Waals surface area (Å²) in [5, 5.41) is 11.1. The number of hydrogen-bond donors (Lipinski definition) is 0. The van der Waals surface area contributed by atoms with Crippen LogP contribution in [0.4, 0.5) is 0 Å². The van der Waals surface area contributed by atoms with E-state index in [1.54, 1.807) is 0 Å². The molecule has 0 amide bonds. The molecule has 22 heteroatoms. The van der Waals surface area contributed by atoms with Crippen LogP contribution in [-0.2, 0) is 49.4 Å². The molecule has 13 nitrogen and oxygen atoms in total. The van der Waals surface area contributed by atoms with Crippen LogP contribution < -0.4 is 62.2 Å². The zero-order valence-electron chi connectivity index (χ0n) is 53.6. The van der Waals surface area contributed by atoms with Gasteiger partial charge in [-0.25, -0.2) is 0 Å². The molecule has 0 atom stereocenters. The minimum Gasteiger partial charge on any atom is -0.366 e. The minimum atomic E-state index is -5.24. The van der Waals surface area contributed by atoms with Crippen LogP contribution in [0.25, 0.3) is 27.5 Å². The Morgan fingerprint density at radius 1 is 0.180 bits per heavy atom. The van der Waals surface area contributed by atoms with Crippen molar-refractivity contribution in [1.82, 2.24) is 4.57 Å². The number of hydrogen-bond acceptors (Lipinski definition) is 12. The molecule has 0 aliphatic carbocycles. The fourth-order valence-corrected chi connectivity index (χ4v) is 66.0. The molecule has 7 heterocycles. The van der Waals surface area contributed by atoms with Gasteiger partial charge >= 0.3 is 70.4 Å². The van der Waals surface area contributed by atoms with Gasteiger partial charge in [0, 0.05) is 58.0 Å². The molecule has 20 rings (SSSR count). The number of benzene rings is 13. The van der Waals surface area contributed by atoms with Crippen molar-refractivity contribution >= 4 is 163 Å². The van der Waals surface area contributed by atoms with Crippen molar-refractivity contribution in [3.05, 3.63) is 370 Å². The Labute approximate surface area is 588 Å². The maximum absolute atomic E-state index is 8.75. The Morgan fingerprint density at radius 3 is 0.680 bits per heavy atom. The zero-order valence-corrected chi connectivity index (χ0v) is 62.6. The van der Waals surface area contributed by atoms with Gasteiger partial charge in [-0.05, 0) is 45.0 Å². The molecular weight excluding hydrogens is 1400 g/mol. The molecule has 6 aliphatic heterocycles. The quantitative estimate of drug-likeness (QED) is 0.0842. The lowest BCUT2D eigenvalue weighted by atomic mass is 10.2. The topological polar surface area (TPSA) is 116 Å². The Bertz CT molecular complexity index is 4970. The molecule has 0 saturated carbocycles. The van der Waals surface area contributed by atoms with Gasteiger partial charge in [-0.2, -0.15) is 0 Å². The van der Waals surface area contributed by atoms with Crippen LogP contribution in [0.1, 0.15) is 0 Å². The summed E-state index contributed by atoms with van der Waals surface area (Å²) < 4.78 is 105. The maximum Gasteiger partial charge on any atom is 0.515 e. The molecule has 1 aromatic heterocycles. The normalized spacial score (nSPS) is 26.8. The summed E-state index contributed by atoms with van der Waals surface area (Å²) in [6, 6.07) is 125. The first-order valence-electron chi connectivity index (χ1n) is 33.3. The van der Waals surface area contributed by atoms with Crippen molar-refractivity contribution < 1.29 is 49.4 Å². The maximum atomic E-state index is 8.75. The highest BCUT2D eigenvalue weighted by molar-refractivity contribution is 7.20. The van der Waals surface area contributed by atoms with Crippen LogP contribution in [0.5, 0.6) is 0 Å². The van der Waals surface area contributed by atoms with Gasteiger partial charge < -0.3 is 53.9 Å². The number of para-hydroxylation sites is 2. The summed E-state index contributed by atoms with van der Waals surface area (Å²) in [4.78, 5) is 0. The highest BCUT2D eigenvalue weighted by atomic mass is 28.6. The Hall–Kier alpha value is -8.87. The third-order valence-corrected chi connectivity index (χ3v) is 58.1. The van der Waals surface area contributed by atoms with Gasteiger partial charge in [0.05, 0.1) is 11.0 Å². The lowest BCUT2D eigenvalue weighted by Gasteiger charge is -2.62. The van der Waals surface area contributed by atoms with Crippen molar-refractivity contribution in [2.75, 3.05) is 0 Å². The van der Waals surface area contributed by atoms with Crippen molar-refractivity contribution in [1.29, 1.82) is 0 Å². The summed E-state index contributed by atoms with van der Waals surface area (Å²) in [6.45, 7) is 0. The van der Waals surface area contributed by atoms with Crippen LogP contribution in [0.2, 0.25) is 0 Å². The van der Waals surface area contributed by atoms with Gasteiger partial charge in [-0.3, -0.25) is 0 Å². The van der Waals surface area contributed by atoms with E-state index in [9.17, 15) is 0 Å². The summed E-state index contributed by atoms with van der Waals surface area (Å²) in [7, 11) is -43.9. The third kappa shape index (κ3) is 9.85. The fourth-order valence-electron chi connectivity index (χ4n) is 14.9. The second kappa shape index (κ2) is 24.2. The fraction of sp³-hybridized carbons (Fsp3) is 0. The van der Waals surface area contributed by atoms with Crippen LogP contribution in [0.3, 0.4) is 0 Å². The Morgan fingerprint density at radius 2 is 0.390 bits per heavy atom. The van der Waals surface area contributed by atoms with Crippen molar-refractivity contribution in [3.63, 3.8) is 0 Å². The van der Waals surface area contributed by atoms with Crippen molar-refractivity contribution in [3.8, 4) is 5.69 Å². The monoisotopic (exact) mass is 1460 g/mol. The number of nitrogens with zero attached hydrogens (tertiary/aromatic N) is 1. The van der Waals surface area contributed by atoms with E-state index in [-0.39, 0.29) is 0 Å². The molecule has 486 valence electrons. The molecule has 6 saturated heterocycles. The molecular formula is C78H61NO12Si9. The van der Waals surface area contributed by atoms with Crippen molar-refractivity contribution in [2.45, 2.75) is 0 Å². The molecule has 0 radical (unpaired) electrons. The Balaban J connectivity index is 0.960. The predicted molar refractivity (Wildman–Crippen MR) is 406 cm³/mol. The predicted octanol–water partition coefficient (Wildman–Crippen LogP) is 7.50. The molecule has 100 heavy (non-hydrogen) atoms. The highest BCUT2D eigenvalue weighted by Gasteiger charge is 2.86. The summed E-state index contributed by atoms with van der Waals surface area (Å²) in [6.07, 6.45) is 0. The van der Waals surface area contributed by atoms with Gasteiger partial charge in [0.1, 0.15) is 0 Å². The molecule has 6 aliphatic rings. The lowest BCUT2D eigenvalue weighted by Crippen LogP contribution is -2.96. The minimum absolute atomic E-state index is 0.536. The van der Waals surface area contributed by atoms with Gasteiger partial charge in [0.15, 0.2) is 8.07 Å².